The summed E-state index contributed by atoms with van der Waals surface area (Å²) < 4.78 is 8.72. The minimum Gasteiger partial charge on any atom is -0.423 e. The Morgan fingerprint density at radius 2 is 2.14 bits per heavy atom. The van der Waals surface area contributed by atoms with Crippen LogP contribution in [-0.2, 0) is 9.47 Å². The minimum atomic E-state index is -1.00. The molecule has 0 atom stereocenters. The van der Waals surface area contributed by atoms with Crippen molar-refractivity contribution in [3.05, 3.63) is 30.1 Å². The van der Waals surface area contributed by atoms with Gasteiger partial charge in [-0.1, -0.05) is 6.07 Å². The number of primary amides is 1. The fourth-order valence-electron chi connectivity index (χ4n) is 0.699. The van der Waals surface area contributed by atoms with Gasteiger partial charge in [0.1, 0.15) is 5.69 Å². The molecule has 0 aliphatic carbocycles. The Balaban J connectivity index is 2.40. The molecule has 0 fully saturated rings. The van der Waals surface area contributed by atoms with Gasteiger partial charge in [-0.15, -0.1) is 0 Å². The van der Waals surface area contributed by atoms with Crippen molar-refractivity contribution in [2.75, 3.05) is 6.79 Å². The van der Waals surface area contributed by atoms with Gasteiger partial charge in [0, 0.05) is 6.20 Å². The Hall–Kier alpha value is -2.11. The molecule has 1 heterocycles. The predicted molar refractivity (Wildman–Crippen MR) is 45.2 cm³/mol. The van der Waals surface area contributed by atoms with Crippen LogP contribution in [0.25, 0.3) is 0 Å². The van der Waals surface area contributed by atoms with Gasteiger partial charge in [0.15, 0.2) is 0 Å². The van der Waals surface area contributed by atoms with Gasteiger partial charge in [-0.3, -0.25) is 0 Å². The van der Waals surface area contributed by atoms with Crippen molar-refractivity contribution in [3.8, 4) is 0 Å². The van der Waals surface area contributed by atoms with E-state index in [1.807, 2.05) is 0 Å². The SMILES string of the molecule is NC(=O)OCOC(=O)c1ccccn1. The number of carbonyl (C=O) groups excluding carboxylic acids is 2. The normalized spacial score (nSPS) is 9.14. The van der Waals surface area contributed by atoms with Gasteiger partial charge in [0.25, 0.3) is 0 Å². The average Bonchev–Trinajstić information content (AvgIpc) is 2.18. The molecule has 0 bridgehead atoms. The lowest BCUT2D eigenvalue weighted by molar-refractivity contribution is -0.000530. The zero-order valence-electron chi connectivity index (χ0n) is 7.17. The van der Waals surface area contributed by atoms with Crippen molar-refractivity contribution >= 4 is 12.1 Å². The number of hydrogen-bond acceptors (Lipinski definition) is 5. The lowest BCUT2D eigenvalue weighted by Crippen LogP contribution is -2.17. The molecule has 0 aliphatic rings. The minimum absolute atomic E-state index is 0.139. The molecule has 6 nitrogen and oxygen atoms in total. The Kier molecular flexibility index (Phi) is 3.42. The molecule has 2 N–H and O–H groups in total. The Morgan fingerprint density at radius 3 is 2.71 bits per heavy atom. The molecule has 1 aromatic heterocycles. The van der Waals surface area contributed by atoms with Gasteiger partial charge in [-0.25, -0.2) is 14.6 Å². The van der Waals surface area contributed by atoms with Crippen molar-refractivity contribution in [3.63, 3.8) is 0 Å². The molecule has 74 valence electrons. The van der Waals surface area contributed by atoms with E-state index in [4.69, 9.17) is 0 Å². The largest absolute Gasteiger partial charge is 0.423 e. The fraction of sp³-hybridized carbons (Fsp3) is 0.125. The van der Waals surface area contributed by atoms with Crippen molar-refractivity contribution in [2.45, 2.75) is 0 Å². The number of hydrogen-bond donors (Lipinski definition) is 1. The maximum absolute atomic E-state index is 11.1. The maximum Gasteiger partial charge on any atom is 0.407 e. The number of ether oxygens (including phenoxy) is 2. The van der Waals surface area contributed by atoms with Gasteiger partial charge >= 0.3 is 12.1 Å². The molecule has 14 heavy (non-hydrogen) atoms. The lowest BCUT2D eigenvalue weighted by atomic mass is 10.4. The average molecular weight is 196 g/mol. The first-order valence-electron chi connectivity index (χ1n) is 3.70. The summed E-state index contributed by atoms with van der Waals surface area (Å²) in [6, 6.07) is 4.78. The number of esters is 1. The van der Waals surface area contributed by atoms with E-state index in [0.717, 1.165) is 0 Å². The first-order chi connectivity index (χ1) is 6.70. The number of amides is 1. The molecule has 1 rings (SSSR count). The smallest absolute Gasteiger partial charge is 0.407 e. The summed E-state index contributed by atoms with van der Waals surface area (Å²) in [6.07, 6.45) is 0.449. The highest BCUT2D eigenvalue weighted by Crippen LogP contribution is 1.96. The summed E-state index contributed by atoms with van der Waals surface area (Å²) >= 11 is 0. The predicted octanol–water partition coefficient (Wildman–Crippen LogP) is 0.291. The van der Waals surface area contributed by atoms with Crippen LogP contribution in [0.4, 0.5) is 4.79 Å². The summed E-state index contributed by atoms with van der Waals surface area (Å²) in [5, 5.41) is 0. The summed E-state index contributed by atoms with van der Waals surface area (Å²) in [4.78, 5) is 24.9. The third-order valence-electron chi connectivity index (χ3n) is 1.27. The second kappa shape index (κ2) is 4.80. The van der Waals surface area contributed by atoms with Gasteiger partial charge in [0.2, 0.25) is 6.79 Å². The van der Waals surface area contributed by atoms with Crippen molar-refractivity contribution < 1.29 is 19.1 Å². The number of pyridine rings is 1. The molecule has 0 aromatic carbocycles. The third kappa shape index (κ3) is 3.10. The number of aromatic nitrogens is 1. The van der Waals surface area contributed by atoms with Gasteiger partial charge in [-0.05, 0) is 12.1 Å². The van der Waals surface area contributed by atoms with Crippen LogP contribution in [0.3, 0.4) is 0 Å². The Morgan fingerprint density at radius 1 is 1.36 bits per heavy atom. The molecule has 6 heteroatoms. The van der Waals surface area contributed by atoms with Gasteiger partial charge in [0.05, 0.1) is 0 Å². The van der Waals surface area contributed by atoms with Crippen LogP contribution in [0.5, 0.6) is 0 Å². The van der Waals surface area contributed by atoms with Crippen LogP contribution in [0.2, 0.25) is 0 Å². The van der Waals surface area contributed by atoms with Crippen LogP contribution in [-0.4, -0.2) is 23.8 Å². The van der Waals surface area contributed by atoms with Gasteiger partial charge in [-0.2, -0.15) is 0 Å². The third-order valence-corrected chi connectivity index (χ3v) is 1.27. The molecule has 0 spiro atoms. The van der Waals surface area contributed by atoms with E-state index in [1.54, 1.807) is 12.1 Å². The standard InChI is InChI=1S/C8H8N2O4/c9-8(12)14-5-13-7(11)6-3-1-2-4-10-6/h1-4H,5H2,(H2,9,12). The summed E-state index contributed by atoms with van der Waals surface area (Å²) in [5.41, 5.74) is 4.79. The quantitative estimate of drug-likeness (QED) is 0.554. The van der Waals surface area contributed by atoms with Crippen molar-refractivity contribution in [2.24, 2.45) is 5.73 Å². The van der Waals surface area contributed by atoms with Crippen LogP contribution in [0.15, 0.2) is 24.4 Å². The van der Waals surface area contributed by atoms with Crippen LogP contribution >= 0.6 is 0 Å². The topological polar surface area (TPSA) is 91.5 Å². The van der Waals surface area contributed by atoms with E-state index < -0.39 is 18.9 Å². The fourth-order valence-corrected chi connectivity index (χ4v) is 0.699. The van der Waals surface area contributed by atoms with Crippen molar-refractivity contribution in [1.29, 1.82) is 0 Å². The lowest BCUT2D eigenvalue weighted by Gasteiger charge is -2.02. The number of nitrogens with two attached hydrogens (primary N) is 1. The second-order valence-corrected chi connectivity index (χ2v) is 2.23. The van der Waals surface area contributed by atoms with E-state index >= 15 is 0 Å². The van der Waals surface area contributed by atoms with Crippen LogP contribution in [0, 0.1) is 0 Å². The van der Waals surface area contributed by atoms with Gasteiger partial charge < -0.3 is 15.2 Å². The Labute approximate surface area is 79.6 Å². The van der Waals surface area contributed by atoms with E-state index in [-0.39, 0.29) is 5.69 Å². The Bertz CT molecular complexity index is 325. The molecule has 0 saturated carbocycles. The molecule has 0 aliphatic heterocycles. The zero-order chi connectivity index (χ0) is 10.4. The molecule has 0 radical (unpaired) electrons. The number of nitrogens with zero attached hydrogens (tertiary/aromatic N) is 1. The summed E-state index contributed by atoms with van der Waals surface area (Å²) in [5.74, 6) is -0.674. The molecule has 1 amide bonds. The number of rotatable bonds is 3. The van der Waals surface area contributed by atoms with E-state index in [2.05, 4.69) is 20.2 Å². The molecule has 0 unspecified atom stereocenters. The molecule has 1 aromatic rings. The molecular weight excluding hydrogens is 188 g/mol. The van der Waals surface area contributed by atoms with E-state index in [9.17, 15) is 9.59 Å². The highest BCUT2D eigenvalue weighted by molar-refractivity contribution is 5.87. The highest BCUT2D eigenvalue weighted by atomic mass is 16.7. The second-order valence-electron chi connectivity index (χ2n) is 2.23. The molecule has 0 saturated heterocycles. The maximum atomic E-state index is 11.1. The van der Waals surface area contributed by atoms with Crippen LogP contribution in [0.1, 0.15) is 10.5 Å². The van der Waals surface area contributed by atoms with Crippen molar-refractivity contribution in [1.82, 2.24) is 4.98 Å². The summed E-state index contributed by atoms with van der Waals surface area (Å²) in [6.45, 7) is -0.509. The zero-order valence-corrected chi connectivity index (χ0v) is 7.17. The van der Waals surface area contributed by atoms with Crippen LogP contribution < -0.4 is 5.73 Å². The van der Waals surface area contributed by atoms with E-state index in [1.165, 1.54) is 12.3 Å². The number of carbonyl (C=O) groups is 2. The summed E-state index contributed by atoms with van der Waals surface area (Å²) in [7, 11) is 0. The molecular formula is C8H8N2O4. The monoisotopic (exact) mass is 196 g/mol. The first kappa shape index (κ1) is 9.97. The highest BCUT2D eigenvalue weighted by Gasteiger charge is 2.07. The first-order valence-corrected chi connectivity index (χ1v) is 3.70. The van der Waals surface area contributed by atoms with E-state index in [0.29, 0.717) is 0 Å².